The Labute approximate surface area is 380 Å². The van der Waals surface area contributed by atoms with E-state index >= 15 is 0 Å². The van der Waals surface area contributed by atoms with Crippen molar-refractivity contribution >= 4 is 17.7 Å². The monoisotopic (exact) mass is 888 g/mol. The zero-order chi connectivity index (χ0) is 45.5. The number of ether oxygens (including phenoxy) is 4. The van der Waals surface area contributed by atoms with E-state index in [0.29, 0.717) is 48.9 Å². The molecule has 0 aromatic heterocycles. The number of carbonyl (C=O) groups is 2. The second-order valence-electron chi connectivity index (χ2n) is 18.8. The molecule has 4 N–H and O–H groups in total. The van der Waals surface area contributed by atoms with Crippen molar-refractivity contribution in [2.75, 3.05) is 46.2 Å². The summed E-state index contributed by atoms with van der Waals surface area (Å²) < 4.78 is 26.3. The lowest BCUT2D eigenvalue weighted by molar-refractivity contribution is -0.258. The number of hydrogen-bond donors (Lipinski definition) is 4. The van der Waals surface area contributed by atoms with Gasteiger partial charge in [-0.15, -0.1) is 6.58 Å². The first-order valence-electron chi connectivity index (χ1n) is 23.8. The molecule has 3 aliphatic carbocycles. The predicted octanol–water partition coefficient (Wildman–Crippen LogP) is 8.22. The number of oxime groups is 1. The van der Waals surface area contributed by atoms with Gasteiger partial charge in [0.25, 0.3) is 0 Å². The van der Waals surface area contributed by atoms with Crippen LogP contribution in [0.4, 0.5) is 4.79 Å². The summed E-state index contributed by atoms with van der Waals surface area (Å²) in [4.78, 5) is 36.4. The van der Waals surface area contributed by atoms with E-state index in [9.17, 15) is 24.9 Å². The van der Waals surface area contributed by atoms with E-state index in [4.69, 9.17) is 28.9 Å². The fraction of sp³-hybridized carbons (Fsp3) is 0.627. The first-order chi connectivity index (χ1) is 31.0. The molecular weight excluding hydrogens is 815 g/mol. The minimum Gasteiger partial charge on any atom is -0.459 e. The van der Waals surface area contributed by atoms with Crippen LogP contribution in [0.15, 0.2) is 78.0 Å². The SMILES string of the molecule is C=CCO[C@@]12Oc3ccc(OC(=O)NCc4ccccc4)cc3[C@H]3[C@H](CCCCO)[C@@H](CCCCO)C=C(C(=NOC(C)(C)C)C[C@@H]1N(CCOCCO)C(=O)CCC1CCCC1)[C@H]32. The van der Waals surface area contributed by atoms with Crippen LogP contribution in [0.5, 0.6) is 11.5 Å². The molecule has 352 valence electrons. The molecule has 13 heteroatoms. The van der Waals surface area contributed by atoms with Gasteiger partial charge in [0.2, 0.25) is 11.7 Å². The Balaban J connectivity index is 1.52. The van der Waals surface area contributed by atoms with Crippen LogP contribution in [-0.4, -0.2) is 102 Å². The second kappa shape index (κ2) is 23.8. The van der Waals surface area contributed by atoms with E-state index in [0.717, 1.165) is 61.6 Å². The largest absolute Gasteiger partial charge is 0.459 e. The van der Waals surface area contributed by atoms with E-state index in [1.807, 2.05) is 68.1 Å². The Hall–Kier alpha value is -4.27. The highest BCUT2D eigenvalue weighted by atomic mass is 16.7. The number of rotatable bonds is 24. The Morgan fingerprint density at radius 2 is 1.72 bits per heavy atom. The number of carbonyl (C=O) groups excluding carboxylic acids is 2. The third-order valence-electron chi connectivity index (χ3n) is 13.2. The molecule has 0 saturated heterocycles. The zero-order valence-corrected chi connectivity index (χ0v) is 38.4. The number of unbranched alkanes of at least 4 members (excludes halogenated alkanes) is 2. The van der Waals surface area contributed by atoms with E-state index in [1.54, 1.807) is 12.1 Å². The Kier molecular flexibility index (Phi) is 18.3. The Morgan fingerprint density at radius 3 is 2.42 bits per heavy atom. The zero-order valence-electron chi connectivity index (χ0n) is 38.4. The van der Waals surface area contributed by atoms with Gasteiger partial charge in [-0.3, -0.25) is 4.79 Å². The molecule has 0 unspecified atom stereocenters. The summed E-state index contributed by atoms with van der Waals surface area (Å²) in [6, 6.07) is 14.4. The van der Waals surface area contributed by atoms with E-state index < -0.39 is 29.4 Å². The molecule has 1 aliphatic heterocycles. The number of benzene rings is 2. The van der Waals surface area contributed by atoms with Gasteiger partial charge in [-0.1, -0.05) is 86.2 Å². The summed E-state index contributed by atoms with van der Waals surface area (Å²) in [5, 5.41) is 37.4. The standard InChI is InChI=1S/C51H73N3O10/c1-5-29-61-51-45(54(25-30-60-31-28-57)46(58)24-21-36-15-9-10-16-36)34-43(53-64-50(2,3)4)41-32-38(19-11-13-26-55)40(20-12-14-27-56)47(48(41)51)42-33-39(22-23-44(42)63-51)62-49(59)52-35-37-17-7-6-8-18-37/h5-8,17-18,22-23,32-33,36,38,40,45,47-48,55-57H,1,9-16,19-21,24-31,34-35H2,2-4H3,(H,52,59)/t38-,40+,45-,47+,48+,51+/m0/s1. The number of aliphatic hydroxyl groups is 3. The Bertz CT molecular complexity index is 1870. The molecule has 1 heterocycles. The minimum absolute atomic E-state index is 0.00144. The van der Waals surface area contributed by atoms with Crippen LogP contribution in [0.1, 0.15) is 121 Å². The summed E-state index contributed by atoms with van der Waals surface area (Å²) in [5.41, 5.74) is 2.81. The van der Waals surface area contributed by atoms with Gasteiger partial charge in [0.1, 0.15) is 23.1 Å². The number of nitrogens with zero attached hydrogens (tertiary/aromatic N) is 2. The number of hydrogen-bond acceptors (Lipinski definition) is 11. The average molecular weight is 888 g/mol. The van der Waals surface area contributed by atoms with Crippen LogP contribution >= 0.6 is 0 Å². The first kappa shape index (κ1) is 49.2. The highest BCUT2D eigenvalue weighted by Gasteiger charge is 2.65. The molecular formula is C51H73N3O10. The lowest BCUT2D eigenvalue weighted by Crippen LogP contribution is -2.70. The van der Waals surface area contributed by atoms with Crippen LogP contribution in [0.2, 0.25) is 0 Å². The molecule has 2 amide bonds. The minimum atomic E-state index is -1.43. The first-order valence-corrected chi connectivity index (χ1v) is 23.8. The molecule has 0 radical (unpaired) electrons. The van der Waals surface area contributed by atoms with Crippen molar-refractivity contribution in [2.45, 2.75) is 134 Å². The van der Waals surface area contributed by atoms with Crippen LogP contribution in [-0.2, 0) is 25.7 Å². The average Bonchev–Trinajstić information content (AvgIpc) is 3.82. The molecule has 2 fully saturated rings. The van der Waals surface area contributed by atoms with Gasteiger partial charge >= 0.3 is 6.09 Å². The summed E-state index contributed by atoms with van der Waals surface area (Å²) >= 11 is 0. The third kappa shape index (κ3) is 12.5. The molecule has 6 atom stereocenters. The van der Waals surface area contributed by atoms with Crippen molar-refractivity contribution in [1.29, 1.82) is 0 Å². The number of nitrogens with one attached hydrogen (secondary N) is 1. The van der Waals surface area contributed by atoms with Gasteiger partial charge in [0.15, 0.2) is 0 Å². The van der Waals surface area contributed by atoms with E-state index in [-0.39, 0.29) is 76.3 Å². The third-order valence-corrected chi connectivity index (χ3v) is 13.2. The molecule has 13 nitrogen and oxygen atoms in total. The topological polar surface area (TPSA) is 169 Å². The second-order valence-corrected chi connectivity index (χ2v) is 18.8. The van der Waals surface area contributed by atoms with Gasteiger partial charge in [-0.05, 0) is 100.0 Å². The van der Waals surface area contributed by atoms with Gasteiger partial charge in [0, 0.05) is 50.6 Å². The molecule has 2 aromatic rings. The summed E-state index contributed by atoms with van der Waals surface area (Å²) in [6.45, 7) is 11.0. The highest BCUT2D eigenvalue weighted by molar-refractivity contribution is 6.03. The van der Waals surface area contributed by atoms with Crippen molar-refractivity contribution < 1.29 is 48.7 Å². The van der Waals surface area contributed by atoms with Gasteiger partial charge in [-0.2, -0.15) is 0 Å². The van der Waals surface area contributed by atoms with Crippen LogP contribution in [0, 0.1) is 23.7 Å². The maximum absolute atomic E-state index is 14.9. The smallest absolute Gasteiger partial charge is 0.412 e. The Morgan fingerprint density at radius 1 is 0.969 bits per heavy atom. The van der Waals surface area contributed by atoms with Gasteiger partial charge in [0.05, 0.1) is 38.1 Å². The fourth-order valence-corrected chi connectivity index (χ4v) is 10.4. The number of allylic oxidation sites excluding steroid dienone is 1. The quantitative estimate of drug-likeness (QED) is 0.0458. The van der Waals surface area contributed by atoms with Gasteiger partial charge < -0.3 is 49.3 Å². The molecule has 0 bridgehead atoms. The van der Waals surface area contributed by atoms with Crippen molar-refractivity contribution in [1.82, 2.24) is 10.2 Å². The number of aliphatic hydroxyl groups excluding tert-OH is 3. The predicted molar refractivity (Wildman–Crippen MR) is 246 cm³/mol. The summed E-state index contributed by atoms with van der Waals surface area (Å²) in [6.07, 6.45) is 13.9. The lowest BCUT2D eigenvalue weighted by Gasteiger charge is -2.60. The molecule has 2 aromatic carbocycles. The van der Waals surface area contributed by atoms with Crippen molar-refractivity contribution in [3.63, 3.8) is 0 Å². The van der Waals surface area contributed by atoms with E-state index in [1.165, 1.54) is 12.8 Å². The molecule has 0 spiro atoms. The van der Waals surface area contributed by atoms with Crippen molar-refractivity contribution in [3.05, 3.63) is 84.0 Å². The molecule has 2 saturated carbocycles. The summed E-state index contributed by atoms with van der Waals surface area (Å²) in [7, 11) is 0. The molecule has 64 heavy (non-hydrogen) atoms. The van der Waals surface area contributed by atoms with Crippen LogP contribution in [0.25, 0.3) is 0 Å². The fourth-order valence-electron chi connectivity index (χ4n) is 10.4. The molecule has 4 aliphatic rings. The lowest BCUT2D eigenvalue weighted by atomic mass is 9.55. The van der Waals surface area contributed by atoms with E-state index in [2.05, 4.69) is 18.0 Å². The number of fused-ring (bicyclic) bond motifs is 2. The maximum atomic E-state index is 14.9. The highest BCUT2D eigenvalue weighted by Crippen LogP contribution is 2.62. The van der Waals surface area contributed by atoms with Crippen LogP contribution < -0.4 is 14.8 Å². The normalized spacial score (nSPS) is 24.6. The molecule has 6 rings (SSSR count). The van der Waals surface area contributed by atoms with Crippen molar-refractivity contribution in [2.24, 2.45) is 28.8 Å². The summed E-state index contributed by atoms with van der Waals surface area (Å²) in [5.74, 6) is -0.796. The maximum Gasteiger partial charge on any atom is 0.412 e. The van der Waals surface area contributed by atoms with Crippen LogP contribution in [0.3, 0.4) is 0 Å². The van der Waals surface area contributed by atoms with Gasteiger partial charge in [-0.25, -0.2) is 4.79 Å². The number of amides is 2. The van der Waals surface area contributed by atoms with Crippen molar-refractivity contribution in [3.8, 4) is 11.5 Å².